The Balaban J connectivity index is 2.47. The average Bonchev–Trinajstić information content (AvgIpc) is 2.26. The first kappa shape index (κ1) is 11.1. The Hall–Kier alpha value is -1.38. The van der Waals surface area contributed by atoms with Gasteiger partial charge in [-0.3, -0.25) is 0 Å². The van der Waals surface area contributed by atoms with E-state index in [2.05, 4.69) is 0 Å². The van der Waals surface area contributed by atoms with E-state index in [-0.39, 0.29) is 0 Å². The van der Waals surface area contributed by atoms with Crippen molar-refractivity contribution in [1.29, 1.82) is 0 Å². The van der Waals surface area contributed by atoms with Crippen molar-refractivity contribution in [1.82, 2.24) is 0 Å². The molecule has 0 aliphatic heterocycles. The van der Waals surface area contributed by atoms with Crippen molar-refractivity contribution in [3.8, 4) is 0 Å². The summed E-state index contributed by atoms with van der Waals surface area (Å²) in [4.78, 5) is 0. The molecule has 2 nitrogen and oxygen atoms in total. The van der Waals surface area contributed by atoms with Crippen LogP contribution in [-0.4, -0.2) is 15.8 Å². The van der Waals surface area contributed by atoms with Gasteiger partial charge in [0.05, 0.1) is 5.60 Å². The first-order chi connectivity index (χ1) is 7.48. The maximum atomic E-state index is 9.97. The number of aliphatic hydroxyl groups is 2. The summed E-state index contributed by atoms with van der Waals surface area (Å²) < 4.78 is 0. The Morgan fingerprint density at radius 3 is 2.25 bits per heavy atom. The largest absolute Gasteiger partial charge is 0.387 e. The zero-order chi connectivity index (χ0) is 11.8. The molecule has 0 aromatic heterocycles. The van der Waals surface area contributed by atoms with Gasteiger partial charge in [0.2, 0.25) is 0 Å². The molecule has 0 amide bonds. The normalized spacial score (nSPS) is 14.0. The summed E-state index contributed by atoms with van der Waals surface area (Å²) in [6, 6.07) is 13.7. The second-order valence-electron chi connectivity index (χ2n) is 4.66. The fraction of sp³-hybridized carbons (Fsp3) is 0.286. The van der Waals surface area contributed by atoms with Gasteiger partial charge >= 0.3 is 0 Å². The molecule has 0 radical (unpaired) electrons. The molecule has 0 aliphatic rings. The van der Waals surface area contributed by atoms with E-state index in [0.717, 1.165) is 16.3 Å². The molecular weight excluding hydrogens is 200 g/mol. The highest BCUT2D eigenvalue weighted by Crippen LogP contribution is 2.27. The van der Waals surface area contributed by atoms with Crippen LogP contribution in [0.3, 0.4) is 0 Å². The number of fused-ring (bicyclic) bond motifs is 1. The third kappa shape index (κ3) is 2.08. The summed E-state index contributed by atoms with van der Waals surface area (Å²) in [5.74, 6) is 0. The number of rotatable bonds is 2. The first-order valence-corrected chi connectivity index (χ1v) is 5.37. The fourth-order valence-corrected chi connectivity index (χ4v) is 1.79. The fourth-order valence-electron chi connectivity index (χ4n) is 1.79. The van der Waals surface area contributed by atoms with Crippen LogP contribution in [0.5, 0.6) is 0 Å². The van der Waals surface area contributed by atoms with Gasteiger partial charge in [0.15, 0.2) is 0 Å². The van der Waals surface area contributed by atoms with Gasteiger partial charge < -0.3 is 10.2 Å². The predicted molar refractivity (Wildman–Crippen MR) is 65.2 cm³/mol. The Kier molecular flexibility index (Phi) is 2.70. The third-order valence-corrected chi connectivity index (χ3v) is 2.76. The van der Waals surface area contributed by atoms with Gasteiger partial charge in [-0.15, -0.1) is 0 Å². The molecule has 2 aromatic carbocycles. The van der Waals surface area contributed by atoms with Crippen LogP contribution < -0.4 is 0 Å². The minimum absolute atomic E-state index is 0.742. The van der Waals surface area contributed by atoms with E-state index in [0.29, 0.717) is 0 Å². The minimum atomic E-state index is -1.12. The molecule has 0 fully saturated rings. The second kappa shape index (κ2) is 3.89. The molecule has 2 rings (SSSR count). The van der Waals surface area contributed by atoms with Gasteiger partial charge in [-0.1, -0.05) is 36.4 Å². The number of hydrogen-bond donors (Lipinski definition) is 2. The Morgan fingerprint density at radius 1 is 1.00 bits per heavy atom. The van der Waals surface area contributed by atoms with Crippen molar-refractivity contribution < 1.29 is 10.2 Å². The SMILES string of the molecule is CC(C)(O)C(O)c1ccc2ccccc2c1. The van der Waals surface area contributed by atoms with Gasteiger partial charge in [-0.2, -0.15) is 0 Å². The highest BCUT2D eigenvalue weighted by atomic mass is 16.3. The van der Waals surface area contributed by atoms with Gasteiger partial charge in [-0.25, -0.2) is 0 Å². The zero-order valence-electron chi connectivity index (χ0n) is 9.51. The maximum Gasteiger partial charge on any atom is 0.107 e. The molecule has 0 aliphatic carbocycles. The molecule has 2 heteroatoms. The van der Waals surface area contributed by atoms with Crippen molar-refractivity contribution in [3.63, 3.8) is 0 Å². The molecule has 2 aromatic rings. The van der Waals surface area contributed by atoms with Crippen molar-refractivity contribution in [2.75, 3.05) is 0 Å². The van der Waals surface area contributed by atoms with Gasteiger partial charge in [0.25, 0.3) is 0 Å². The Bertz CT molecular complexity index is 497. The molecule has 16 heavy (non-hydrogen) atoms. The standard InChI is InChI=1S/C14H16O2/c1-14(2,16)13(15)12-8-7-10-5-3-4-6-11(10)9-12/h3-9,13,15-16H,1-2H3. The van der Waals surface area contributed by atoms with Gasteiger partial charge in [0.1, 0.15) is 6.10 Å². The van der Waals surface area contributed by atoms with Crippen molar-refractivity contribution >= 4 is 10.8 Å². The summed E-state index contributed by atoms with van der Waals surface area (Å²) >= 11 is 0. The quantitative estimate of drug-likeness (QED) is 0.810. The highest BCUT2D eigenvalue weighted by Gasteiger charge is 2.25. The van der Waals surface area contributed by atoms with E-state index in [4.69, 9.17) is 0 Å². The number of benzene rings is 2. The van der Waals surface area contributed by atoms with E-state index >= 15 is 0 Å². The summed E-state index contributed by atoms with van der Waals surface area (Å²) in [5.41, 5.74) is -0.381. The van der Waals surface area contributed by atoms with Crippen LogP contribution >= 0.6 is 0 Å². The van der Waals surface area contributed by atoms with Gasteiger partial charge in [-0.05, 0) is 36.2 Å². The van der Waals surface area contributed by atoms with E-state index in [9.17, 15) is 10.2 Å². The Labute approximate surface area is 95.2 Å². The van der Waals surface area contributed by atoms with Crippen molar-refractivity contribution in [3.05, 3.63) is 48.0 Å². The molecule has 0 bridgehead atoms. The molecule has 0 saturated carbocycles. The van der Waals surface area contributed by atoms with Crippen LogP contribution in [0.4, 0.5) is 0 Å². The molecule has 0 spiro atoms. The van der Waals surface area contributed by atoms with E-state index in [1.165, 1.54) is 0 Å². The third-order valence-electron chi connectivity index (χ3n) is 2.76. The monoisotopic (exact) mass is 216 g/mol. The second-order valence-corrected chi connectivity index (χ2v) is 4.66. The summed E-state index contributed by atoms with van der Waals surface area (Å²) in [6.07, 6.45) is -0.864. The first-order valence-electron chi connectivity index (χ1n) is 5.37. The highest BCUT2D eigenvalue weighted by molar-refractivity contribution is 5.83. The lowest BCUT2D eigenvalue weighted by molar-refractivity contribution is -0.0496. The minimum Gasteiger partial charge on any atom is -0.387 e. The van der Waals surface area contributed by atoms with E-state index < -0.39 is 11.7 Å². The van der Waals surface area contributed by atoms with Crippen LogP contribution in [0.15, 0.2) is 42.5 Å². The summed E-state index contributed by atoms with van der Waals surface area (Å²) in [7, 11) is 0. The molecule has 1 unspecified atom stereocenters. The van der Waals surface area contributed by atoms with Crippen LogP contribution in [0, 0.1) is 0 Å². The van der Waals surface area contributed by atoms with Crippen LogP contribution in [0.25, 0.3) is 10.8 Å². The average molecular weight is 216 g/mol. The lowest BCUT2D eigenvalue weighted by Gasteiger charge is -2.25. The topological polar surface area (TPSA) is 40.5 Å². The molecule has 2 N–H and O–H groups in total. The molecule has 84 valence electrons. The smallest absolute Gasteiger partial charge is 0.107 e. The molecule has 0 saturated heterocycles. The number of aliphatic hydroxyl groups excluding tert-OH is 1. The Morgan fingerprint density at radius 2 is 1.62 bits per heavy atom. The van der Waals surface area contributed by atoms with Crippen molar-refractivity contribution in [2.45, 2.75) is 25.6 Å². The zero-order valence-corrected chi connectivity index (χ0v) is 9.51. The van der Waals surface area contributed by atoms with Crippen LogP contribution in [0.1, 0.15) is 25.5 Å². The van der Waals surface area contributed by atoms with Gasteiger partial charge in [0, 0.05) is 0 Å². The van der Waals surface area contributed by atoms with E-state index in [1.54, 1.807) is 13.8 Å². The predicted octanol–water partition coefficient (Wildman–Crippen LogP) is 2.64. The molecule has 0 heterocycles. The summed E-state index contributed by atoms with van der Waals surface area (Å²) in [6.45, 7) is 3.21. The molecular formula is C14H16O2. The maximum absolute atomic E-state index is 9.97. The summed E-state index contributed by atoms with van der Waals surface area (Å²) in [5, 5.41) is 21.9. The molecule has 1 atom stereocenters. The number of hydrogen-bond acceptors (Lipinski definition) is 2. The lowest BCUT2D eigenvalue weighted by atomic mass is 9.93. The van der Waals surface area contributed by atoms with E-state index in [1.807, 2.05) is 42.5 Å². The van der Waals surface area contributed by atoms with Crippen LogP contribution in [-0.2, 0) is 0 Å². The van der Waals surface area contributed by atoms with Crippen LogP contribution in [0.2, 0.25) is 0 Å². The lowest BCUT2D eigenvalue weighted by Crippen LogP contribution is -2.28. The van der Waals surface area contributed by atoms with Crippen molar-refractivity contribution in [2.24, 2.45) is 0 Å².